The highest BCUT2D eigenvalue weighted by Crippen LogP contribution is 2.32. The van der Waals surface area contributed by atoms with Gasteiger partial charge < -0.3 is 4.90 Å². The molecule has 0 atom stereocenters. The van der Waals surface area contributed by atoms with E-state index in [0.29, 0.717) is 23.4 Å². The summed E-state index contributed by atoms with van der Waals surface area (Å²) >= 11 is 0. The average Bonchev–Trinajstić information content (AvgIpc) is 2.74. The van der Waals surface area contributed by atoms with Crippen molar-refractivity contribution in [3.63, 3.8) is 0 Å². The first-order valence-corrected chi connectivity index (χ1v) is 11.4. The molecule has 0 radical (unpaired) electrons. The molecule has 0 saturated heterocycles. The molecule has 0 saturated carbocycles. The third-order valence-corrected chi connectivity index (χ3v) is 6.87. The van der Waals surface area contributed by atoms with Crippen molar-refractivity contribution < 1.29 is 13.2 Å². The zero-order chi connectivity index (χ0) is 21.3. The minimum Gasteiger partial charge on any atom is -0.308 e. The summed E-state index contributed by atoms with van der Waals surface area (Å²) in [6.45, 7) is 4.30. The van der Waals surface area contributed by atoms with Crippen molar-refractivity contribution >= 4 is 27.3 Å². The topological polar surface area (TPSA) is 66.5 Å². The second-order valence-corrected chi connectivity index (χ2v) is 9.30. The Morgan fingerprint density at radius 2 is 1.73 bits per heavy atom. The van der Waals surface area contributed by atoms with Gasteiger partial charge in [0, 0.05) is 23.5 Å². The van der Waals surface area contributed by atoms with Crippen LogP contribution in [0.3, 0.4) is 0 Å². The Hall–Kier alpha value is -3.12. The number of nitrogens with zero attached hydrogens (tertiary/aromatic N) is 1. The summed E-state index contributed by atoms with van der Waals surface area (Å²) < 4.78 is 28.5. The molecule has 1 aliphatic heterocycles. The van der Waals surface area contributed by atoms with Crippen LogP contribution in [0.5, 0.6) is 0 Å². The second-order valence-electron chi connectivity index (χ2n) is 7.64. The molecule has 4 rings (SSSR count). The number of carbonyl (C=O) groups excluding carboxylic acids is 1. The zero-order valence-electron chi connectivity index (χ0n) is 17.1. The van der Waals surface area contributed by atoms with E-state index in [4.69, 9.17) is 0 Å². The summed E-state index contributed by atoms with van der Waals surface area (Å²) in [5, 5.41) is 0. The maximum atomic E-state index is 12.9. The van der Waals surface area contributed by atoms with Gasteiger partial charge in [-0.2, -0.15) is 0 Å². The molecule has 6 heteroatoms. The van der Waals surface area contributed by atoms with E-state index >= 15 is 0 Å². The van der Waals surface area contributed by atoms with E-state index in [2.05, 4.69) is 4.72 Å². The highest BCUT2D eigenvalue weighted by Gasteiger charge is 2.24. The highest BCUT2D eigenvalue weighted by atomic mass is 32.2. The average molecular weight is 421 g/mol. The number of aryl methyl sites for hydroxylation is 3. The predicted octanol–water partition coefficient (Wildman–Crippen LogP) is 4.70. The molecule has 3 aromatic rings. The van der Waals surface area contributed by atoms with Crippen LogP contribution in [-0.4, -0.2) is 20.9 Å². The lowest BCUT2D eigenvalue weighted by atomic mass is 10.00. The van der Waals surface area contributed by atoms with Crippen LogP contribution in [0.15, 0.2) is 71.6 Å². The molecule has 5 nitrogen and oxygen atoms in total. The molecule has 0 aromatic heterocycles. The van der Waals surface area contributed by atoms with Crippen molar-refractivity contribution in [2.75, 3.05) is 16.2 Å². The van der Waals surface area contributed by atoms with Crippen molar-refractivity contribution in [2.45, 2.75) is 31.6 Å². The predicted molar refractivity (Wildman–Crippen MR) is 120 cm³/mol. The minimum absolute atomic E-state index is 0.0414. The lowest BCUT2D eigenvalue weighted by Gasteiger charge is -2.30. The smallest absolute Gasteiger partial charge is 0.262 e. The number of hydrogen-bond acceptors (Lipinski definition) is 3. The van der Waals surface area contributed by atoms with Crippen molar-refractivity contribution in [3.8, 4) is 0 Å². The first kappa shape index (κ1) is 20.2. The third-order valence-electron chi connectivity index (χ3n) is 5.35. The Morgan fingerprint density at radius 1 is 0.967 bits per heavy atom. The number of anilines is 2. The normalized spacial score (nSPS) is 13.6. The molecule has 0 bridgehead atoms. The molecule has 0 unspecified atom stereocenters. The minimum atomic E-state index is -3.70. The molecule has 0 spiro atoms. The molecule has 0 aliphatic carbocycles. The fourth-order valence-corrected chi connectivity index (χ4v) is 5.20. The van der Waals surface area contributed by atoms with Gasteiger partial charge in [-0.25, -0.2) is 8.42 Å². The van der Waals surface area contributed by atoms with Gasteiger partial charge in [-0.15, -0.1) is 0 Å². The Balaban J connectivity index is 1.63. The molecule has 1 heterocycles. The van der Waals surface area contributed by atoms with Crippen molar-refractivity contribution in [3.05, 3.63) is 89.0 Å². The van der Waals surface area contributed by atoms with Gasteiger partial charge in [0.2, 0.25) is 0 Å². The quantitative estimate of drug-likeness (QED) is 0.665. The van der Waals surface area contributed by atoms with E-state index < -0.39 is 10.0 Å². The van der Waals surface area contributed by atoms with E-state index in [1.807, 2.05) is 61.5 Å². The Bertz CT molecular complexity index is 1200. The molecule has 1 N–H and O–H groups in total. The first-order valence-electron chi connectivity index (χ1n) is 9.95. The molecular weight excluding hydrogens is 396 g/mol. The fraction of sp³-hybridized carbons (Fsp3) is 0.208. The number of fused-ring (bicyclic) bond motifs is 1. The molecule has 0 fully saturated rings. The van der Waals surface area contributed by atoms with Crippen LogP contribution in [-0.2, 0) is 16.4 Å². The summed E-state index contributed by atoms with van der Waals surface area (Å²) in [4.78, 5) is 15.0. The summed E-state index contributed by atoms with van der Waals surface area (Å²) in [5.41, 5.74) is 4.54. The van der Waals surface area contributed by atoms with Gasteiger partial charge >= 0.3 is 0 Å². The standard InChI is InChI=1S/C24H24N2O3S/c1-17-10-11-18(2)23(15-17)30(28,29)25-21-12-13-22-20(16-21)9-6-14-26(22)24(27)19-7-4-3-5-8-19/h3-5,7-8,10-13,15-16,25H,6,9,14H2,1-2H3. The van der Waals surface area contributed by atoms with Crippen LogP contribution in [0.2, 0.25) is 0 Å². The van der Waals surface area contributed by atoms with Gasteiger partial charge in [0.25, 0.3) is 15.9 Å². The third kappa shape index (κ3) is 3.96. The molecular formula is C24H24N2O3S. The van der Waals surface area contributed by atoms with Crippen molar-refractivity contribution in [1.29, 1.82) is 0 Å². The van der Waals surface area contributed by atoms with E-state index in [1.165, 1.54) is 0 Å². The number of carbonyl (C=O) groups is 1. The summed E-state index contributed by atoms with van der Waals surface area (Å²) in [6, 6.07) is 20.0. The van der Waals surface area contributed by atoms with E-state index in [-0.39, 0.29) is 10.8 Å². The maximum Gasteiger partial charge on any atom is 0.262 e. The maximum absolute atomic E-state index is 12.9. The summed E-state index contributed by atoms with van der Waals surface area (Å²) in [6.07, 6.45) is 1.63. The Morgan fingerprint density at radius 3 is 2.50 bits per heavy atom. The van der Waals surface area contributed by atoms with Crippen LogP contribution in [0.1, 0.15) is 33.5 Å². The highest BCUT2D eigenvalue weighted by molar-refractivity contribution is 7.92. The zero-order valence-corrected chi connectivity index (χ0v) is 17.9. The van der Waals surface area contributed by atoms with Crippen LogP contribution in [0.4, 0.5) is 11.4 Å². The summed E-state index contributed by atoms with van der Waals surface area (Å²) in [5.74, 6) is -0.0414. The van der Waals surface area contributed by atoms with E-state index in [0.717, 1.165) is 29.7 Å². The molecule has 30 heavy (non-hydrogen) atoms. The second kappa shape index (κ2) is 7.95. The number of benzene rings is 3. The fourth-order valence-electron chi connectivity index (χ4n) is 3.82. The van der Waals surface area contributed by atoms with Crippen LogP contribution < -0.4 is 9.62 Å². The van der Waals surface area contributed by atoms with Gasteiger partial charge in [0.15, 0.2) is 0 Å². The number of hydrogen-bond donors (Lipinski definition) is 1. The Labute approximate surface area is 177 Å². The number of nitrogens with one attached hydrogen (secondary N) is 1. The molecule has 1 amide bonds. The van der Waals surface area contributed by atoms with Crippen LogP contribution >= 0.6 is 0 Å². The van der Waals surface area contributed by atoms with Gasteiger partial charge in [-0.1, -0.05) is 30.3 Å². The number of sulfonamides is 1. The Kier molecular flexibility index (Phi) is 5.35. The summed E-state index contributed by atoms with van der Waals surface area (Å²) in [7, 11) is -3.70. The van der Waals surface area contributed by atoms with Gasteiger partial charge in [0.05, 0.1) is 4.90 Å². The molecule has 1 aliphatic rings. The molecule has 154 valence electrons. The number of rotatable bonds is 4. The van der Waals surface area contributed by atoms with Crippen LogP contribution in [0, 0.1) is 13.8 Å². The van der Waals surface area contributed by atoms with Crippen molar-refractivity contribution in [2.24, 2.45) is 0 Å². The van der Waals surface area contributed by atoms with Crippen molar-refractivity contribution in [1.82, 2.24) is 0 Å². The van der Waals surface area contributed by atoms with Gasteiger partial charge in [-0.05, 0) is 79.8 Å². The molecule has 3 aromatic carbocycles. The number of amides is 1. The lowest BCUT2D eigenvalue weighted by molar-refractivity contribution is 0.0985. The van der Waals surface area contributed by atoms with Crippen LogP contribution in [0.25, 0.3) is 0 Å². The van der Waals surface area contributed by atoms with Gasteiger partial charge in [-0.3, -0.25) is 9.52 Å². The van der Waals surface area contributed by atoms with Gasteiger partial charge in [0.1, 0.15) is 0 Å². The first-order chi connectivity index (χ1) is 14.3. The lowest BCUT2D eigenvalue weighted by Crippen LogP contribution is -2.35. The van der Waals surface area contributed by atoms with E-state index in [9.17, 15) is 13.2 Å². The SMILES string of the molecule is Cc1ccc(C)c(S(=O)(=O)Nc2ccc3c(c2)CCCN3C(=O)c2ccccc2)c1. The monoisotopic (exact) mass is 420 g/mol. The largest absolute Gasteiger partial charge is 0.308 e. The van der Waals surface area contributed by atoms with E-state index in [1.54, 1.807) is 24.0 Å².